The van der Waals surface area contributed by atoms with Gasteiger partial charge in [-0.25, -0.2) is 9.78 Å². The number of ether oxygens (including phenoxy) is 1. The van der Waals surface area contributed by atoms with Crippen LogP contribution in [0.5, 0.6) is 0 Å². The summed E-state index contributed by atoms with van der Waals surface area (Å²) in [7, 11) is 0. The van der Waals surface area contributed by atoms with Gasteiger partial charge in [0, 0.05) is 18.7 Å². The molecule has 0 saturated carbocycles. The third-order valence-electron chi connectivity index (χ3n) is 4.55. The number of rotatable bonds is 4. The van der Waals surface area contributed by atoms with Crippen molar-refractivity contribution < 1.29 is 14.3 Å². The van der Waals surface area contributed by atoms with Gasteiger partial charge in [-0.05, 0) is 26.7 Å². The van der Waals surface area contributed by atoms with Crippen LogP contribution in [0.4, 0.5) is 0 Å². The molecular weight excluding hydrogens is 348 g/mol. The third kappa shape index (κ3) is 4.30. The van der Waals surface area contributed by atoms with Crippen molar-refractivity contribution in [1.82, 2.24) is 9.88 Å². The molecule has 1 aromatic carbocycles. The summed E-state index contributed by atoms with van der Waals surface area (Å²) in [4.78, 5) is 31.9. The number of aromatic nitrogens is 1. The van der Waals surface area contributed by atoms with Crippen molar-refractivity contribution in [3.63, 3.8) is 0 Å². The Bertz CT molecular complexity index is 765. The van der Waals surface area contributed by atoms with E-state index in [1.807, 2.05) is 35.2 Å². The minimum Gasteiger partial charge on any atom is -0.448 e. The average molecular weight is 372 g/mol. The second-order valence-electron chi connectivity index (χ2n) is 6.59. The number of benzene rings is 1. The Morgan fingerprint density at radius 1 is 1.12 bits per heavy atom. The molecule has 0 bridgehead atoms. The van der Waals surface area contributed by atoms with Crippen LogP contribution >= 0.6 is 11.3 Å². The summed E-state index contributed by atoms with van der Waals surface area (Å²) in [6, 6.07) is 9.73. The van der Waals surface area contributed by atoms with Crippen LogP contribution in [0.15, 0.2) is 30.3 Å². The van der Waals surface area contributed by atoms with Crippen molar-refractivity contribution >= 4 is 23.2 Å². The standard InChI is InChI=1S/C20H24N2O3S/c1-14-17(26-18(21-14)16-10-6-5-7-11-16)20(24)25-15(2)19(23)22-12-8-3-4-9-13-22/h5-7,10-11,15H,3-4,8-9,12-13H2,1-2H3/t15-/m1/s1. The molecule has 1 aliphatic heterocycles. The highest BCUT2D eigenvalue weighted by Gasteiger charge is 2.26. The molecule has 0 aliphatic carbocycles. The summed E-state index contributed by atoms with van der Waals surface area (Å²) in [6.45, 7) is 4.94. The van der Waals surface area contributed by atoms with Gasteiger partial charge in [-0.2, -0.15) is 0 Å². The fraction of sp³-hybridized carbons (Fsp3) is 0.450. The molecule has 0 N–H and O–H groups in total. The van der Waals surface area contributed by atoms with Crippen molar-refractivity contribution in [2.45, 2.75) is 45.6 Å². The maximum atomic E-state index is 12.6. The van der Waals surface area contributed by atoms with Crippen molar-refractivity contribution in [2.24, 2.45) is 0 Å². The summed E-state index contributed by atoms with van der Waals surface area (Å²) in [5.74, 6) is -0.580. The highest BCUT2D eigenvalue weighted by molar-refractivity contribution is 7.17. The van der Waals surface area contributed by atoms with E-state index >= 15 is 0 Å². The van der Waals surface area contributed by atoms with E-state index in [1.54, 1.807) is 13.8 Å². The number of esters is 1. The van der Waals surface area contributed by atoms with Gasteiger partial charge in [0.15, 0.2) is 6.10 Å². The molecule has 5 nitrogen and oxygen atoms in total. The van der Waals surface area contributed by atoms with Crippen molar-refractivity contribution in [3.8, 4) is 10.6 Å². The van der Waals surface area contributed by atoms with Gasteiger partial charge in [0.1, 0.15) is 9.88 Å². The molecule has 1 saturated heterocycles. The van der Waals surface area contributed by atoms with E-state index in [0.717, 1.165) is 49.3 Å². The quantitative estimate of drug-likeness (QED) is 0.759. The van der Waals surface area contributed by atoms with Crippen molar-refractivity contribution in [3.05, 3.63) is 40.9 Å². The SMILES string of the molecule is Cc1nc(-c2ccccc2)sc1C(=O)O[C@H](C)C(=O)N1CCCCCC1. The van der Waals surface area contributed by atoms with Crippen molar-refractivity contribution in [1.29, 1.82) is 0 Å². The average Bonchev–Trinajstić information content (AvgIpc) is 2.86. The zero-order valence-corrected chi connectivity index (χ0v) is 16.1. The van der Waals surface area contributed by atoms with E-state index in [9.17, 15) is 9.59 Å². The van der Waals surface area contributed by atoms with Gasteiger partial charge in [-0.3, -0.25) is 4.79 Å². The molecule has 0 spiro atoms. The number of amides is 1. The maximum Gasteiger partial charge on any atom is 0.351 e. The van der Waals surface area contributed by atoms with E-state index in [4.69, 9.17) is 4.74 Å². The Morgan fingerprint density at radius 2 is 1.77 bits per heavy atom. The summed E-state index contributed by atoms with van der Waals surface area (Å²) in [5, 5.41) is 0.779. The smallest absolute Gasteiger partial charge is 0.351 e. The van der Waals surface area contributed by atoms with Crippen LogP contribution in [0.3, 0.4) is 0 Å². The highest BCUT2D eigenvalue weighted by atomic mass is 32.1. The van der Waals surface area contributed by atoms with E-state index in [-0.39, 0.29) is 5.91 Å². The van der Waals surface area contributed by atoms with Crippen LogP contribution in [-0.2, 0) is 9.53 Å². The lowest BCUT2D eigenvalue weighted by Crippen LogP contribution is -2.40. The summed E-state index contributed by atoms with van der Waals surface area (Å²) < 4.78 is 5.46. The van der Waals surface area contributed by atoms with Gasteiger partial charge in [0.25, 0.3) is 5.91 Å². The predicted molar refractivity (Wildman–Crippen MR) is 102 cm³/mol. The topological polar surface area (TPSA) is 59.5 Å². The van der Waals surface area contributed by atoms with Gasteiger partial charge in [-0.15, -0.1) is 11.3 Å². The zero-order chi connectivity index (χ0) is 18.5. The Morgan fingerprint density at radius 3 is 2.42 bits per heavy atom. The maximum absolute atomic E-state index is 12.6. The van der Waals surface area contributed by atoms with Gasteiger partial charge in [-0.1, -0.05) is 43.2 Å². The zero-order valence-electron chi connectivity index (χ0n) is 15.2. The number of carbonyl (C=O) groups excluding carboxylic acids is 2. The lowest BCUT2D eigenvalue weighted by molar-refractivity contribution is -0.139. The molecule has 6 heteroatoms. The molecule has 0 radical (unpaired) electrons. The monoisotopic (exact) mass is 372 g/mol. The van der Waals surface area contributed by atoms with Crippen LogP contribution in [0, 0.1) is 6.92 Å². The molecule has 1 atom stereocenters. The van der Waals surface area contributed by atoms with E-state index < -0.39 is 12.1 Å². The van der Waals surface area contributed by atoms with Crippen LogP contribution in [0.25, 0.3) is 10.6 Å². The molecular formula is C20H24N2O3S. The van der Waals surface area contributed by atoms with E-state index in [0.29, 0.717) is 10.6 Å². The number of aryl methyl sites for hydroxylation is 1. The van der Waals surface area contributed by atoms with Crippen LogP contribution < -0.4 is 0 Å². The van der Waals surface area contributed by atoms with Gasteiger partial charge >= 0.3 is 5.97 Å². The lowest BCUT2D eigenvalue weighted by atomic mass is 10.2. The fourth-order valence-electron chi connectivity index (χ4n) is 3.10. The number of nitrogens with zero attached hydrogens (tertiary/aromatic N) is 2. The first kappa shape index (κ1) is 18.6. The number of thiazole rings is 1. The molecule has 2 heterocycles. The summed E-state index contributed by atoms with van der Waals surface area (Å²) in [6.07, 6.45) is 3.56. The highest BCUT2D eigenvalue weighted by Crippen LogP contribution is 2.28. The van der Waals surface area contributed by atoms with Crippen LogP contribution in [0.1, 0.15) is 48.0 Å². The number of hydrogen-bond acceptors (Lipinski definition) is 5. The van der Waals surface area contributed by atoms with Crippen molar-refractivity contribution in [2.75, 3.05) is 13.1 Å². The fourth-order valence-corrected chi connectivity index (χ4v) is 4.06. The molecule has 2 aromatic rings. The molecule has 1 fully saturated rings. The minimum absolute atomic E-state index is 0.106. The largest absolute Gasteiger partial charge is 0.448 e. The Hall–Kier alpha value is -2.21. The van der Waals surface area contributed by atoms with Crippen LogP contribution in [0.2, 0.25) is 0 Å². The summed E-state index contributed by atoms with van der Waals surface area (Å²) in [5.41, 5.74) is 1.60. The molecule has 138 valence electrons. The van der Waals surface area contributed by atoms with Crippen LogP contribution in [-0.4, -0.2) is 41.0 Å². The molecule has 1 aromatic heterocycles. The predicted octanol–water partition coefficient (Wildman–Crippen LogP) is 4.07. The molecule has 26 heavy (non-hydrogen) atoms. The first-order chi connectivity index (χ1) is 12.6. The van der Waals surface area contributed by atoms with Gasteiger partial charge in [0.2, 0.25) is 0 Å². The summed E-state index contributed by atoms with van der Waals surface area (Å²) >= 11 is 1.30. The molecule has 0 unspecified atom stereocenters. The molecule has 1 aliphatic rings. The van der Waals surface area contributed by atoms with E-state index in [1.165, 1.54) is 11.3 Å². The van der Waals surface area contributed by atoms with E-state index in [2.05, 4.69) is 4.98 Å². The first-order valence-corrected chi connectivity index (χ1v) is 9.90. The molecule has 3 rings (SSSR count). The normalized spacial score (nSPS) is 16.0. The molecule has 1 amide bonds. The Labute approximate surface area is 158 Å². The minimum atomic E-state index is -0.776. The lowest BCUT2D eigenvalue weighted by Gasteiger charge is -2.23. The Balaban J connectivity index is 1.67. The number of likely N-dealkylation sites (tertiary alicyclic amines) is 1. The number of hydrogen-bond donors (Lipinski definition) is 0. The van der Waals surface area contributed by atoms with Gasteiger partial charge < -0.3 is 9.64 Å². The third-order valence-corrected chi connectivity index (χ3v) is 5.74. The first-order valence-electron chi connectivity index (χ1n) is 9.09. The second kappa shape index (κ2) is 8.45. The Kier molecular flexibility index (Phi) is 6.04. The second-order valence-corrected chi connectivity index (χ2v) is 7.59. The number of carbonyl (C=O) groups is 2. The van der Waals surface area contributed by atoms with Gasteiger partial charge in [0.05, 0.1) is 5.69 Å².